The molecule has 1 aliphatic rings. The lowest BCUT2D eigenvalue weighted by Crippen LogP contribution is -2.46. The molecular formula is C30H27F5N4O2. The highest BCUT2D eigenvalue weighted by atomic mass is 19.4. The summed E-state index contributed by atoms with van der Waals surface area (Å²) in [5, 5.41) is 3.41. The lowest BCUT2D eigenvalue weighted by molar-refractivity contribution is -0.137. The van der Waals surface area contributed by atoms with Gasteiger partial charge in [-0.05, 0) is 60.7 Å². The Morgan fingerprint density at radius 1 is 0.976 bits per heavy atom. The Kier molecular flexibility index (Phi) is 7.96. The molecule has 0 saturated heterocycles. The van der Waals surface area contributed by atoms with Gasteiger partial charge in [-0.2, -0.15) is 13.2 Å². The molecule has 1 fully saturated rings. The fraction of sp³-hybridized carbons (Fsp3) is 0.267. The highest BCUT2D eigenvalue weighted by molar-refractivity contribution is 5.93. The van der Waals surface area contributed by atoms with Gasteiger partial charge >= 0.3 is 12.2 Å². The number of rotatable bonds is 9. The van der Waals surface area contributed by atoms with Crippen LogP contribution in [0.5, 0.6) is 0 Å². The average Bonchev–Trinajstić information content (AvgIpc) is 3.70. The molecule has 3 amide bonds. The first-order valence-corrected chi connectivity index (χ1v) is 13.1. The highest BCUT2D eigenvalue weighted by Crippen LogP contribution is 2.30. The van der Waals surface area contributed by atoms with E-state index >= 15 is 0 Å². The van der Waals surface area contributed by atoms with Crippen LogP contribution in [0.25, 0.3) is 10.9 Å². The van der Waals surface area contributed by atoms with E-state index in [1.165, 1.54) is 21.9 Å². The summed E-state index contributed by atoms with van der Waals surface area (Å²) >= 11 is 0. The Hall–Kier alpha value is -4.41. The maximum absolute atomic E-state index is 14.2. The zero-order chi connectivity index (χ0) is 29.1. The summed E-state index contributed by atoms with van der Waals surface area (Å²) in [7, 11) is 0. The molecule has 0 atom stereocenters. The van der Waals surface area contributed by atoms with Gasteiger partial charge in [-0.3, -0.25) is 4.79 Å². The Morgan fingerprint density at radius 2 is 1.71 bits per heavy atom. The second kappa shape index (κ2) is 11.6. The molecule has 41 heavy (non-hydrogen) atoms. The summed E-state index contributed by atoms with van der Waals surface area (Å²) in [6, 6.07) is 14.2. The van der Waals surface area contributed by atoms with Crippen molar-refractivity contribution in [3.63, 3.8) is 0 Å². The molecule has 214 valence electrons. The SMILES string of the molecule is O=C(CN(C(=O)Nc1ccc(F)cc1F)C1CC1)N(CCc1c[nH]c2ccccc12)Cc1ccc(C(F)(F)F)cc1. The number of hydrogen-bond donors (Lipinski definition) is 2. The van der Waals surface area contributed by atoms with E-state index in [1.54, 1.807) is 0 Å². The molecule has 0 spiro atoms. The van der Waals surface area contributed by atoms with E-state index in [0.29, 0.717) is 30.9 Å². The third-order valence-corrected chi connectivity index (χ3v) is 7.06. The molecule has 3 aromatic carbocycles. The summed E-state index contributed by atoms with van der Waals surface area (Å²) in [5.74, 6) is -2.14. The number of para-hydroxylation sites is 1. The number of amides is 3. The second-order valence-electron chi connectivity index (χ2n) is 10.0. The topological polar surface area (TPSA) is 68.4 Å². The minimum atomic E-state index is -4.48. The largest absolute Gasteiger partial charge is 0.416 e. The predicted octanol–water partition coefficient (Wildman–Crippen LogP) is 6.73. The Labute approximate surface area is 232 Å². The van der Waals surface area contributed by atoms with E-state index in [-0.39, 0.29) is 31.4 Å². The summed E-state index contributed by atoms with van der Waals surface area (Å²) in [4.78, 5) is 32.7. The van der Waals surface area contributed by atoms with Crippen LogP contribution in [0.15, 0.2) is 72.9 Å². The van der Waals surface area contributed by atoms with E-state index in [2.05, 4.69) is 10.3 Å². The number of carbonyl (C=O) groups excluding carboxylic acids is 2. The van der Waals surface area contributed by atoms with Crippen LogP contribution in [0.1, 0.15) is 29.5 Å². The van der Waals surface area contributed by atoms with Gasteiger partial charge in [-0.1, -0.05) is 30.3 Å². The third kappa shape index (κ3) is 6.85. The summed E-state index contributed by atoms with van der Waals surface area (Å²) in [6.07, 6.45) is -0.827. The van der Waals surface area contributed by atoms with E-state index in [4.69, 9.17) is 0 Å². The second-order valence-corrected chi connectivity index (χ2v) is 10.0. The molecule has 0 bridgehead atoms. The van der Waals surface area contributed by atoms with Crippen LogP contribution in [0.4, 0.5) is 32.4 Å². The van der Waals surface area contributed by atoms with Crippen LogP contribution in [-0.2, 0) is 23.9 Å². The standard InChI is InChI=1S/C30H27F5N4O2/c31-22-9-12-27(25(32)15-22)37-29(41)39(23-10-11-23)18-28(40)38(17-19-5-7-21(8-6-19)30(33,34)35)14-13-20-16-36-26-4-2-1-3-24(20)26/h1-9,12,15-16,23,36H,10-11,13-14,17-18H2,(H,37,41). The van der Waals surface area contributed by atoms with E-state index < -0.39 is 35.3 Å². The highest BCUT2D eigenvalue weighted by Gasteiger charge is 2.35. The lowest BCUT2D eigenvalue weighted by Gasteiger charge is -2.28. The van der Waals surface area contributed by atoms with Gasteiger partial charge < -0.3 is 20.1 Å². The molecule has 1 saturated carbocycles. The van der Waals surface area contributed by atoms with Crippen LogP contribution in [0.2, 0.25) is 0 Å². The van der Waals surface area contributed by atoms with E-state index in [1.807, 2.05) is 30.5 Å². The number of halogens is 5. The quantitative estimate of drug-likeness (QED) is 0.219. The Morgan fingerprint density at radius 3 is 2.39 bits per heavy atom. The van der Waals surface area contributed by atoms with Gasteiger partial charge in [0.05, 0.1) is 11.3 Å². The van der Waals surface area contributed by atoms with Crippen molar-refractivity contribution in [2.75, 3.05) is 18.4 Å². The number of benzene rings is 3. The number of anilines is 1. The van der Waals surface area contributed by atoms with Gasteiger partial charge in [0.15, 0.2) is 0 Å². The van der Waals surface area contributed by atoms with E-state index in [9.17, 15) is 31.5 Å². The van der Waals surface area contributed by atoms with Crippen LogP contribution in [0, 0.1) is 11.6 Å². The maximum Gasteiger partial charge on any atom is 0.416 e. The Balaban J connectivity index is 1.34. The maximum atomic E-state index is 14.2. The van der Waals surface area contributed by atoms with Crippen LogP contribution < -0.4 is 5.32 Å². The first kappa shape index (κ1) is 28.1. The first-order valence-electron chi connectivity index (χ1n) is 13.1. The minimum Gasteiger partial charge on any atom is -0.361 e. The van der Waals surface area contributed by atoms with Crippen molar-refractivity contribution >= 4 is 28.5 Å². The van der Waals surface area contributed by atoms with Crippen LogP contribution in [-0.4, -0.2) is 45.9 Å². The van der Waals surface area contributed by atoms with Crippen LogP contribution >= 0.6 is 0 Å². The number of urea groups is 1. The Bertz CT molecular complexity index is 1550. The molecule has 1 aromatic heterocycles. The molecule has 2 N–H and O–H groups in total. The normalized spacial score (nSPS) is 13.3. The number of carbonyl (C=O) groups is 2. The van der Waals surface area contributed by atoms with Gasteiger partial charge in [0.25, 0.3) is 0 Å². The molecular weight excluding hydrogens is 543 g/mol. The van der Waals surface area contributed by atoms with Gasteiger partial charge in [-0.25, -0.2) is 13.6 Å². The summed E-state index contributed by atoms with van der Waals surface area (Å²) in [6.45, 7) is -0.0334. The number of alkyl halides is 3. The molecule has 0 radical (unpaired) electrons. The monoisotopic (exact) mass is 570 g/mol. The fourth-order valence-electron chi connectivity index (χ4n) is 4.68. The smallest absolute Gasteiger partial charge is 0.361 e. The lowest BCUT2D eigenvalue weighted by atomic mass is 10.1. The number of aromatic amines is 1. The zero-order valence-electron chi connectivity index (χ0n) is 21.8. The summed E-state index contributed by atoms with van der Waals surface area (Å²) in [5.41, 5.74) is 1.40. The van der Waals surface area contributed by atoms with Crippen molar-refractivity contribution in [3.8, 4) is 0 Å². The van der Waals surface area contributed by atoms with Gasteiger partial charge in [-0.15, -0.1) is 0 Å². The third-order valence-electron chi connectivity index (χ3n) is 7.06. The minimum absolute atomic E-state index is 0.0338. The van der Waals surface area contributed by atoms with Crippen molar-refractivity contribution in [1.82, 2.24) is 14.8 Å². The molecule has 5 rings (SSSR count). The number of nitrogens with one attached hydrogen (secondary N) is 2. The van der Waals surface area contributed by atoms with Crippen molar-refractivity contribution in [3.05, 3.63) is 101 Å². The number of aromatic nitrogens is 1. The molecule has 0 aliphatic heterocycles. The van der Waals surface area contributed by atoms with Crippen molar-refractivity contribution in [1.29, 1.82) is 0 Å². The van der Waals surface area contributed by atoms with Gasteiger partial charge in [0.2, 0.25) is 5.91 Å². The number of nitrogens with zero attached hydrogens (tertiary/aromatic N) is 2. The predicted molar refractivity (Wildman–Crippen MR) is 144 cm³/mol. The van der Waals surface area contributed by atoms with Crippen molar-refractivity contribution < 1.29 is 31.5 Å². The summed E-state index contributed by atoms with van der Waals surface area (Å²) < 4.78 is 66.6. The van der Waals surface area contributed by atoms with Crippen molar-refractivity contribution in [2.45, 2.75) is 38.0 Å². The first-order chi connectivity index (χ1) is 19.6. The number of H-pyrrole nitrogens is 1. The van der Waals surface area contributed by atoms with Gasteiger partial charge in [0, 0.05) is 42.3 Å². The van der Waals surface area contributed by atoms with Crippen molar-refractivity contribution in [2.24, 2.45) is 0 Å². The van der Waals surface area contributed by atoms with Crippen LogP contribution in [0.3, 0.4) is 0 Å². The fourth-order valence-corrected chi connectivity index (χ4v) is 4.68. The molecule has 11 heteroatoms. The zero-order valence-corrected chi connectivity index (χ0v) is 21.8. The van der Waals surface area contributed by atoms with Gasteiger partial charge in [0.1, 0.15) is 18.2 Å². The molecule has 4 aromatic rings. The average molecular weight is 571 g/mol. The molecule has 1 heterocycles. The molecule has 0 unspecified atom stereocenters. The molecule has 6 nitrogen and oxygen atoms in total. The number of hydrogen-bond acceptors (Lipinski definition) is 2. The van der Waals surface area contributed by atoms with E-state index in [0.717, 1.165) is 40.7 Å². The number of fused-ring (bicyclic) bond motifs is 1. The molecule has 1 aliphatic carbocycles.